The summed E-state index contributed by atoms with van der Waals surface area (Å²) in [6.45, 7) is 1.90. The summed E-state index contributed by atoms with van der Waals surface area (Å²) < 4.78 is 26.7. The van der Waals surface area contributed by atoms with Gasteiger partial charge in [-0.15, -0.1) is 0 Å². The molecule has 0 aliphatic carbocycles. The minimum absolute atomic E-state index is 0.0376. The molecule has 1 atom stereocenters. The van der Waals surface area contributed by atoms with Gasteiger partial charge in [0.25, 0.3) is 0 Å². The lowest BCUT2D eigenvalue weighted by molar-refractivity contribution is -0.122. The molecule has 2 aliphatic heterocycles. The van der Waals surface area contributed by atoms with Crippen molar-refractivity contribution in [3.05, 3.63) is 35.9 Å². The van der Waals surface area contributed by atoms with Gasteiger partial charge < -0.3 is 10.6 Å². The first-order valence-corrected chi connectivity index (χ1v) is 11.9. The number of rotatable bonds is 6. The maximum atomic E-state index is 12.6. The summed E-state index contributed by atoms with van der Waals surface area (Å²) in [5.41, 5.74) is 0.806. The summed E-state index contributed by atoms with van der Waals surface area (Å²) in [6, 6.07) is 9.58. The van der Waals surface area contributed by atoms with Crippen LogP contribution in [0, 0.1) is 0 Å². The first-order valence-electron chi connectivity index (χ1n) is 9.15. The quantitative estimate of drug-likeness (QED) is 0.754. The Kier molecular flexibility index (Phi) is 6.97. The topological polar surface area (TPSA) is 78.5 Å². The highest BCUT2D eigenvalue weighted by Gasteiger charge is 2.29. The standard InChI is InChI=1S/C18H27N3O3S2/c22-18(12-17-13-25-11-8-19-17)20-16-6-9-21(10-7-16)26(23,24)14-15-4-2-1-3-5-15/h1-5,16-17,19H,6-14H2,(H,20,22). The second-order valence-corrected chi connectivity index (χ2v) is 10.0. The highest BCUT2D eigenvalue weighted by molar-refractivity contribution is 7.99. The van der Waals surface area contributed by atoms with E-state index >= 15 is 0 Å². The molecule has 2 heterocycles. The lowest BCUT2D eigenvalue weighted by atomic mass is 10.1. The van der Waals surface area contributed by atoms with Crippen LogP contribution >= 0.6 is 11.8 Å². The number of nitrogens with zero attached hydrogens (tertiary/aromatic N) is 1. The number of thioether (sulfide) groups is 1. The predicted molar refractivity (Wildman–Crippen MR) is 106 cm³/mol. The van der Waals surface area contributed by atoms with E-state index < -0.39 is 10.0 Å². The molecule has 2 N–H and O–H groups in total. The summed E-state index contributed by atoms with van der Waals surface area (Å²) in [5, 5.41) is 6.45. The van der Waals surface area contributed by atoms with Gasteiger partial charge in [-0.3, -0.25) is 4.79 Å². The molecule has 1 unspecified atom stereocenters. The Hall–Kier alpha value is -1.09. The van der Waals surface area contributed by atoms with Crippen LogP contribution in [0.3, 0.4) is 0 Å². The molecule has 8 heteroatoms. The van der Waals surface area contributed by atoms with E-state index in [1.165, 1.54) is 0 Å². The van der Waals surface area contributed by atoms with Crippen molar-refractivity contribution in [1.29, 1.82) is 0 Å². The van der Waals surface area contributed by atoms with Gasteiger partial charge in [0.05, 0.1) is 5.75 Å². The lowest BCUT2D eigenvalue weighted by Gasteiger charge is -2.32. The largest absolute Gasteiger partial charge is 0.353 e. The molecular weight excluding hydrogens is 370 g/mol. The van der Waals surface area contributed by atoms with E-state index in [0.717, 1.165) is 23.6 Å². The zero-order valence-corrected chi connectivity index (χ0v) is 16.5. The summed E-state index contributed by atoms with van der Waals surface area (Å²) in [5.74, 6) is 2.18. The molecule has 144 valence electrons. The van der Waals surface area contributed by atoms with Gasteiger partial charge in [-0.1, -0.05) is 30.3 Å². The van der Waals surface area contributed by atoms with Crippen LogP contribution < -0.4 is 10.6 Å². The molecule has 3 rings (SSSR count). The Morgan fingerprint density at radius 1 is 1.23 bits per heavy atom. The van der Waals surface area contributed by atoms with Crippen molar-refractivity contribution < 1.29 is 13.2 Å². The van der Waals surface area contributed by atoms with Crippen LogP contribution in [0.1, 0.15) is 24.8 Å². The monoisotopic (exact) mass is 397 g/mol. The number of nitrogens with one attached hydrogen (secondary N) is 2. The average Bonchev–Trinajstić information content (AvgIpc) is 2.63. The van der Waals surface area contributed by atoms with Gasteiger partial charge in [0.15, 0.2) is 0 Å². The highest BCUT2D eigenvalue weighted by Crippen LogP contribution is 2.18. The van der Waals surface area contributed by atoms with Crippen LogP contribution in [0.4, 0.5) is 0 Å². The van der Waals surface area contributed by atoms with Gasteiger partial charge in [0.1, 0.15) is 0 Å². The third kappa shape index (κ3) is 5.70. The van der Waals surface area contributed by atoms with Crippen molar-refractivity contribution in [1.82, 2.24) is 14.9 Å². The van der Waals surface area contributed by atoms with E-state index in [1.807, 2.05) is 42.1 Å². The Morgan fingerprint density at radius 2 is 1.96 bits per heavy atom. The van der Waals surface area contributed by atoms with E-state index in [1.54, 1.807) is 4.31 Å². The first kappa shape index (κ1) is 19.7. The van der Waals surface area contributed by atoms with Gasteiger partial charge in [-0.25, -0.2) is 12.7 Å². The SMILES string of the molecule is O=C(CC1CSCCN1)NC1CCN(S(=O)(=O)Cc2ccccc2)CC1. The molecule has 26 heavy (non-hydrogen) atoms. The Balaban J connectivity index is 1.44. The van der Waals surface area contributed by atoms with Crippen LogP contribution in [-0.4, -0.2) is 61.9 Å². The third-order valence-electron chi connectivity index (χ3n) is 4.83. The molecule has 2 aliphatic rings. The third-order valence-corrected chi connectivity index (χ3v) is 7.82. The molecule has 0 aromatic heterocycles. The Bertz CT molecular complexity index is 683. The second-order valence-electron chi connectivity index (χ2n) is 6.91. The second kappa shape index (κ2) is 9.21. The zero-order valence-electron chi connectivity index (χ0n) is 14.9. The van der Waals surface area contributed by atoms with Gasteiger partial charge >= 0.3 is 0 Å². The molecule has 2 saturated heterocycles. The van der Waals surface area contributed by atoms with E-state index in [9.17, 15) is 13.2 Å². The van der Waals surface area contributed by atoms with Crippen LogP contribution in [0.2, 0.25) is 0 Å². The van der Waals surface area contributed by atoms with Crippen LogP contribution in [0.15, 0.2) is 30.3 Å². The number of carbonyl (C=O) groups excluding carboxylic acids is 1. The normalized spacial score (nSPS) is 22.8. The number of amides is 1. The van der Waals surface area contributed by atoms with Crippen molar-refractivity contribution >= 4 is 27.7 Å². The number of carbonyl (C=O) groups is 1. The maximum absolute atomic E-state index is 12.6. The lowest BCUT2D eigenvalue weighted by Crippen LogP contribution is -2.48. The number of hydrogen-bond donors (Lipinski definition) is 2. The van der Waals surface area contributed by atoms with Gasteiger partial charge in [0, 0.05) is 49.6 Å². The molecular formula is C18H27N3O3S2. The van der Waals surface area contributed by atoms with E-state index in [0.29, 0.717) is 32.4 Å². The van der Waals surface area contributed by atoms with Crippen molar-refractivity contribution in [2.75, 3.05) is 31.1 Å². The zero-order chi connectivity index (χ0) is 18.4. The van der Waals surface area contributed by atoms with E-state index in [2.05, 4.69) is 10.6 Å². The van der Waals surface area contributed by atoms with Crippen LogP contribution in [0.25, 0.3) is 0 Å². The molecule has 0 radical (unpaired) electrons. The summed E-state index contributed by atoms with van der Waals surface area (Å²) in [6.07, 6.45) is 1.85. The number of hydrogen-bond acceptors (Lipinski definition) is 5. The fourth-order valence-electron chi connectivity index (χ4n) is 3.42. The minimum atomic E-state index is -3.30. The van der Waals surface area contributed by atoms with Gasteiger partial charge in [-0.05, 0) is 18.4 Å². The molecule has 6 nitrogen and oxygen atoms in total. The van der Waals surface area contributed by atoms with Crippen molar-refractivity contribution in [3.63, 3.8) is 0 Å². The fourth-order valence-corrected chi connectivity index (χ4v) is 5.93. The summed E-state index contributed by atoms with van der Waals surface area (Å²) in [7, 11) is -3.30. The van der Waals surface area contributed by atoms with Gasteiger partial charge in [0.2, 0.25) is 15.9 Å². The molecule has 2 fully saturated rings. The first-order chi connectivity index (χ1) is 12.5. The summed E-state index contributed by atoms with van der Waals surface area (Å²) in [4.78, 5) is 12.2. The molecule has 1 amide bonds. The van der Waals surface area contributed by atoms with Crippen LogP contribution in [-0.2, 0) is 20.6 Å². The molecule has 1 aromatic rings. The minimum Gasteiger partial charge on any atom is -0.353 e. The number of benzene rings is 1. The predicted octanol–water partition coefficient (Wildman–Crippen LogP) is 1.19. The highest BCUT2D eigenvalue weighted by atomic mass is 32.2. The molecule has 0 bridgehead atoms. The Morgan fingerprint density at radius 3 is 2.62 bits per heavy atom. The molecule has 1 aromatic carbocycles. The van der Waals surface area contributed by atoms with Crippen molar-refractivity contribution in [2.45, 2.75) is 37.1 Å². The summed E-state index contributed by atoms with van der Waals surface area (Å²) >= 11 is 1.88. The van der Waals surface area contributed by atoms with Gasteiger partial charge in [-0.2, -0.15) is 11.8 Å². The maximum Gasteiger partial charge on any atom is 0.221 e. The number of sulfonamides is 1. The van der Waals surface area contributed by atoms with Crippen molar-refractivity contribution in [2.24, 2.45) is 0 Å². The molecule has 0 saturated carbocycles. The van der Waals surface area contributed by atoms with Crippen molar-refractivity contribution in [3.8, 4) is 0 Å². The smallest absolute Gasteiger partial charge is 0.221 e. The molecule has 0 spiro atoms. The van der Waals surface area contributed by atoms with Crippen LogP contribution in [0.5, 0.6) is 0 Å². The number of piperidine rings is 1. The van der Waals surface area contributed by atoms with E-state index in [-0.39, 0.29) is 23.7 Å². The average molecular weight is 398 g/mol. The van der Waals surface area contributed by atoms with E-state index in [4.69, 9.17) is 0 Å². The fraction of sp³-hybridized carbons (Fsp3) is 0.611. The Labute approximate surface area is 160 Å².